The van der Waals surface area contributed by atoms with Gasteiger partial charge in [-0.2, -0.15) is 0 Å². The average molecular weight is 294 g/mol. The van der Waals surface area contributed by atoms with E-state index in [2.05, 4.69) is 32.9 Å². The fourth-order valence-electron chi connectivity index (χ4n) is 2.94. The van der Waals surface area contributed by atoms with Crippen LogP contribution in [0.4, 0.5) is 0 Å². The van der Waals surface area contributed by atoms with Crippen LogP contribution in [-0.2, 0) is 11.3 Å². The van der Waals surface area contributed by atoms with Crippen molar-refractivity contribution in [3.05, 3.63) is 21.9 Å². The van der Waals surface area contributed by atoms with Crippen LogP contribution in [0.1, 0.15) is 49.3 Å². The third kappa shape index (κ3) is 3.83. The van der Waals surface area contributed by atoms with Crippen LogP contribution in [0.3, 0.4) is 0 Å². The molecule has 1 fully saturated rings. The highest BCUT2D eigenvalue weighted by atomic mass is 32.1. The molecule has 0 aliphatic heterocycles. The minimum Gasteiger partial charge on any atom is -0.335 e. The molecule has 112 valence electrons. The van der Waals surface area contributed by atoms with Gasteiger partial charge < -0.3 is 10.6 Å². The van der Waals surface area contributed by atoms with Gasteiger partial charge in [0.1, 0.15) is 0 Å². The maximum atomic E-state index is 12.8. The molecular formula is C16H26N2OS. The molecule has 2 atom stereocenters. The summed E-state index contributed by atoms with van der Waals surface area (Å²) in [4.78, 5) is 17.4. The molecule has 20 heavy (non-hydrogen) atoms. The van der Waals surface area contributed by atoms with Crippen molar-refractivity contribution < 1.29 is 4.79 Å². The van der Waals surface area contributed by atoms with Gasteiger partial charge in [-0.15, -0.1) is 11.3 Å². The minimum atomic E-state index is 0.127. The number of amides is 1. The van der Waals surface area contributed by atoms with E-state index in [9.17, 15) is 4.79 Å². The first-order valence-corrected chi connectivity index (χ1v) is 8.40. The lowest BCUT2D eigenvalue weighted by atomic mass is 9.85. The normalized spacial score (nSPS) is 23.1. The van der Waals surface area contributed by atoms with Crippen LogP contribution in [0.5, 0.6) is 0 Å². The third-order valence-corrected chi connectivity index (χ3v) is 5.08. The molecule has 0 radical (unpaired) electrons. The summed E-state index contributed by atoms with van der Waals surface area (Å²) in [5, 5.41) is 0. The zero-order chi connectivity index (χ0) is 14.7. The van der Waals surface area contributed by atoms with E-state index in [0.717, 1.165) is 32.2 Å². The molecule has 2 N–H and O–H groups in total. The fourth-order valence-corrected chi connectivity index (χ4v) is 3.83. The van der Waals surface area contributed by atoms with Gasteiger partial charge in [-0.25, -0.2) is 0 Å². The Kier molecular flexibility index (Phi) is 5.22. The summed E-state index contributed by atoms with van der Waals surface area (Å²) in [7, 11) is 0. The average Bonchev–Trinajstić information content (AvgIpc) is 2.80. The molecule has 1 aromatic rings. The SMILES string of the molecule is Cc1ccc(CN(C(=O)C2CCCC(N)C2)C(C)C)s1. The van der Waals surface area contributed by atoms with Crippen LogP contribution < -0.4 is 5.73 Å². The summed E-state index contributed by atoms with van der Waals surface area (Å²) in [6.07, 6.45) is 4.00. The molecule has 1 amide bonds. The highest BCUT2D eigenvalue weighted by Crippen LogP contribution is 2.27. The van der Waals surface area contributed by atoms with Gasteiger partial charge in [0.2, 0.25) is 5.91 Å². The van der Waals surface area contributed by atoms with Crippen LogP contribution in [0.15, 0.2) is 12.1 Å². The minimum absolute atomic E-state index is 0.127. The first-order valence-electron chi connectivity index (χ1n) is 7.58. The molecule has 1 heterocycles. The lowest BCUT2D eigenvalue weighted by Crippen LogP contribution is -2.43. The predicted octanol–water partition coefficient (Wildman–Crippen LogP) is 3.31. The van der Waals surface area contributed by atoms with Crippen LogP contribution in [0.25, 0.3) is 0 Å². The Labute approximate surface area is 126 Å². The summed E-state index contributed by atoms with van der Waals surface area (Å²) in [6, 6.07) is 4.70. The first-order chi connectivity index (χ1) is 9.47. The zero-order valence-corrected chi connectivity index (χ0v) is 13.6. The summed E-state index contributed by atoms with van der Waals surface area (Å²) in [5.74, 6) is 0.420. The second kappa shape index (κ2) is 6.72. The van der Waals surface area contributed by atoms with Crippen LogP contribution >= 0.6 is 11.3 Å². The Morgan fingerprint density at radius 2 is 2.20 bits per heavy atom. The molecular weight excluding hydrogens is 268 g/mol. The Hall–Kier alpha value is -0.870. The molecule has 0 bridgehead atoms. The number of rotatable bonds is 4. The van der Waals surface area contributed by atoms with Crippen molar-refractivity contribution in [1.29, 1.82) is 0 Å². The van der Waals surface area contributed by atoms with Crippen LogP contribution in [-0.4, -0.2) is 22.9 Å². The Balaban J connectivity index is 2.05. The summed E-state index contributed by atoms with van der Waals surface area (Å²) >= 11 is 1.78. The van der Waals surface area contributed by atoms with Gasteiger partial charge >= 0.3 is 0 Å². The number of carbonyl (C=O) groups excluding carboxylic acids is 1. The van der Waals surface area contributed by atoms with E-state index < -0.39 is 0 Å². The van der Waals surface area contributed by atoms with E-state index in [1.54, 1.807) is 11.3 Å². The van der Waals surface area contributed by atoms with Gasteiger partial charge in [-0.3, -0.25) is 4.79 Å². The van der Waals surface area contributed by atoms with Crippen molar-refractivity contribution in [2.24, 2.45) is 11.7 Å². The van der Waals surface area contributed by atoms with E-state index in [1.807, 2.05) is 4.90 Å². The summed E-state index contributed by atoms with van der Waals surface area (Å²) in [6.45, 7) is 7.04. The van der Waals surface area contributed by atoms with Crippen molar-refractivity contribution in [3.63, 3.8) is 0 Å². The van der Waals surface area contributed by atoms with Crippen molar-refractivity contribution in [2.75, 3.05) is 0 Å². The first kappa shape index (κ1) is 15.5. The standard InChI is InChI=1S/C16H26N2OS/c1-11(2)18(10-15-8-7-12(3)20-15)16(19)13-5-4-6-14(17)9-13/h7-8,11,13-14H,4-6,9-10,17H2,1-3H3. The molecule has 1 aliphatic carbocycles. The largest absolute Gasteiger partial charge is 0.335 e. The van der Waals surface area contributed by atoms with Crippen LogP contribution in [0.2, 0.25) is 0 Å². The molecule has 1 aromatic heterocycles. The summed E-state index contributed by atoms with van der Waals surface area (Å²) < 4.78 is 0. The van der Waals surface area contributed by atoms with Gasteiger partial charge in [0, 0.05) is 27.8 Å². The lowest BCUT2D eigenvalue weighted by molar-refractivity contribution is -0.139. The zero-order valence-electron chi connectivity index (χ0n) is 12.8. The highest BCUT2D eigenvalue weighted by molar-refractivity contribution is 7.11. The topological polar surface area (TPSA) is 46.3 Å². The predicted molar refractivity (Wildman–Crippen MR) is 84.7 cm³/mol. The monoisotopic (exact) mass is 294 g/mol. The molecule has 2 rings (SSSR count). The third-order valence-electron chi connectivity index (χ3n) is 4.09. The van der Waals surface area contributed by atoms with Gasteiger partial charge in [-0.05, 0) is 52.2 Å². The van der Waals surface area contributed by atoms with Gasteiger partial charge in [0.25, 0.3) is 0 Å². The number of aryl methyl sites for hydroxylation is 1. The molecule has 4 heteroatoms. The smallest absolute Gasteiger partial charge is 0.226 e. The van der Waals surface area contributed by atoms with Gasteiger partial charge in [-0.1, -0.05) is 6.42 Å². The Morgan fingerprint density at radius 3 is 2.75 bits per heavy atom. The van der Waals surface area contributed by atoms with Crippen molar-refractivity contribution in [2.45, 2.75) is 65.1 Å². The number of hydrogen-bond acceptors (Lipinski definition) is 3. The molecule has 1 aliphatic rings. The Morgan fingerprint density at radius 1 is 1.45 bits per heavy atom. The molecule has 2 unspecified atom stereocenters. The van der Waals surface area contributed by atoms with E-state index in [-0.39, 0.29) is 18.0 Å². The number of nitrogens with two attached hydrogens (primary N) is 1. The molecule has 0 aromatic carbocycles. The second-order valence-corrected chi connectivity index (χ2v) is 7.57. The lowest BCUT2D eigenvalue weighted by Gasteiger charge is -2.33. The number of hydrogen-bond donors (Lipinski definition) is 1. The van der Waals surface area contributed by atoms with E-state index in [0.29, 0.717) is 5.91 Å². The maximum absolute atomic E-state index is 12.8. The van der Waals surface area contributed by atoms with Crippen molar-refractivity contribution in [1.82, 2.24) is 4.90 Å². The fraction of sp³-hybridized carbons (Fsp3) is 0.688. The Bertz CT molecular complexity index is 455. The quantitative estimate of drug-likeness (QED) is 0.926. The summed E-state index contributed by atoms with van der Waals surface area (Å²) in [5.41, 5.74) is 6.03. The maximum Gasteiger partial charge on any atom is 0.226 e. The molecule has 1 saturated carbocycles. The van der Waals surface area contributed by atoms with Crippen molar-refractivity contribution >= 4 is 17.2 Å². The van der Waals surface area contributed by atoms with E-state index in [1.165, 1.54) is 9.75 Å². The molecule has 0 spiro atoms. The van der Waals surface area contributed by atoms with Gasteiger partial charge in [0.05, 0.1) is 6.54 Å². The van der Waals surface area contributed by atoms with Crippen molar-refractivity contribution in [3.8, 4) is 0 Å². The van der Waals surface area contributed by atoms with E-state index in [4.69, 9.17) is 5.73 Å². The molecule has 3 nitrogen and oxygen atoms in total. The van der Waals surface area contributed by atoms with Crippen LogP contribution in [0, 0.1) is 12.8 Å². The second-order valence-electron chi connectivity index (χ2n) is 6.20. The molecule has 0 saturated heterocycles. The number of thiophene rings is 1. The number of nitrogens with zero attached hydrogens (tertiary/aromatic N) is 1. The van der Waals surface area contributed by atoms with Gasteiger partial charge in [0.15, 0.2) is 0 Å². The highest BCUT2D eigenvalue weighted by Gasteiger charge is 2.30. The van der Waals surface area contributed by atoms with E-state index >= 15 is 0 Å². The number of carbonyl (C=O) groups is 1.